The standard InChI is InChI=1S/C14H20N4O2S/c1-9-7-11(18-20-9)17-13(19)15-6-5-12-16-10(8-21-12)14(2,3)4/h7-8H,5-6H2,1-4H3,(H2,15,17,18,19). The third-order valence-electron chi connectivity index (χ3n) is 2.81. The first-order chi connectivity index (χ1) is 9.84. The molecule has 0 bridgehead atoms. The summed E-state index contributed by atoms with van der Waals surface area (Å²) in [7, 11) is 0. The molecule has 21 heavy (non-hydrogen) atoms. The van der Waals surface area contributed by atoms with Gasteiger partial charge < -0.3 is 9.84 Å². The van der Waals surface area contributed by atoms with E-state index in [1.165, 1.54) is 0 Å². The van der Waals surface area contributed by atoms with Crippen LogP contribution in [-0.4, -0.2) is 22.7 Å². The van der Waals surface area contributed by atoms with E-state index >= 15 is 0 Å². The molecule has 2 N–H and O–H groups in total. The Bertz CT molecular complexity index is 613. The Labute approximate surface area is 127 Å². The third-order valence-corrected chi connectivity index (χ3v) is 3.72. The summed E-state index contributed by atoms with van der Waals surface area (Å²) in [5.41, 5.74) is 1.15. The first kappa shape index (κ1) is 15.5. The molecule has 0 saturated heterocycles. The summed E-state index contributed by atoms with van der Waals surface area (Å²) in [6.07, 6.45) is 0.714. The van der Waals surface area contributed by atoms with E-state index in [1.807, 2.05) is 0 Å². The highest BCUT2D eigenvalue weighted by Gasteiger charge is 2.17. The van der Waals surface area contributed by atoms with Crippen LogP contribution >= 0.6 is 11.3 Å². The van der Waals surface area contributed by atoms with Crippen molar-refractivity contribution in [3.8, 4) is 0 Å². The Morgan fingerprint density at radius 1 is 1.43 bits per heavy atom. The number of anilines is 1. The van der Waals surface area contributed by atoms with Gasteiger partial charge in [0.25, 0.3) is 0 Å². The second kappa shape index (κ2) is 6.26. The monoisotopic (exact) mass is 308 g/mol. The minimum Gasteiger partial charge on any atom is -0.360 e. The molecule has 2 aromatic rings. The van der Waals surface area contributed by atoms with Gasteiger partial charge in [-0.15, -0.1) is 11.3 Å². The van der Waals surface area contributed by atoms with Crippen molar-refractivity contribution in [1.82, 2.24) is 15.5 Å². The minimum atomic E-state index is -0.295. The molecule has 0 aliphatic carbocycles. The van der Waals surface area contributed by atoms with Gasteiger partial charge in [0.15, 0.2) is 5.82 Å². The van der Waals surface area contributed by atoms with Crippen molar-refractivity contribution in [1.29, 1.82) is 0 Å². The van der Waals surface area contributed by atoms with E-state index in [2.05, 4.69) is 46.9 Å². The molecule has 0 atom stereocenters. The fraction of sp³-hybridized carbons (Fsp3) is 0.500. The van der Waals surface area contributed by atoms with E-state index in [0.29, 0.717) is 24.5 Å². The lowest BCUT2D eigenvalue weighted by atomic mass is 9.93. The van der Waals surface area contributed by atoms with E-state index in [0.717, 1.165) is 10.7 Å². The Morgan fingerprint density at radius 3 is 2.76 bits per heavy atom. The van der Waals surface area contributed by atoms with Crippen molar-refractivity contribution in [3.63, 3.8) is 0 Å². The second-order valence-electron chi connectivity index (χ2n) is 5.83. The van der Waals surface area contributed by atoms with Gasteiger partial charge in [0.05, 0.1) is 10.7 Å². The summed E-state index contributed by atoms with van der Waals surface area (Å²) in [6.45, 7) is 8.71. The summed E-state index contributed by atoms with van der Waals surface area (Å²) in [4.78, 5) is 16.2. The lowest BCUT2D eigenvalue weighted by molar-refractivity contribution is 0.252. The fourth-order valence-electron chi connectivity index (χ4n) is 1.64. The number of nitrogens with one attached hydrogen (secondary N) is 2. The molecule has 7 heteroatoms. The van der Waals surface area contributed by atoms with Gasteiger partial charge in [0.2, 0.25) is 0 Å². The molecule has 2 rings (SSSR count). The molecule has 114 valence electrons. The molecule has 0 aromatic carbocycles. The molecule has 2 heterocycles. The van der Waals surface area contributed by atoms with Crippen molar-refractivity contribution >= 4 is 23.2 Å². The van der Waals surface area contributed by atoms with Crippen LogP contribution in [0.25, 0.3) is 0 Å². The normalized spacial score (nSPS) is 11.4. The van der Waals surface area contributed by atoms with E-state index < -0.39 is 0 Å². The second-order valence-corrected chi connectivity index (χ2v) is 6.77. The number of aryl methyl sites for hydroxylation is 1. The average Bonchev–Trinajstić information content (AvgIpc) is 2.98. The molecule has 0 aliphatic rings. The number of carbonyl (C=O) groups is 1. The van der Waals surface area contributed by atoms with Crippen LogP contribution in [0.2, 0.25) is 0 Å². The molecule has 0 fully saturated rings. The van der Waals surface area contributed by atoms with Crippen LogP contribution in [0.3, 0.4) is 0 Å². The molecule has 0 unspecified atom stereocenters. The zero-order valence-corrected chi connectivity index (χ0v) is 13.5. The average molecular weight is 308 g/mol. The predicted octanol–water partition coefficient (Wildman–Crippen LogP) is 3.10. The summed E-state index contributed by atoms with van der Waals surface area (Å²) in [6, 6.07) is 1.37. The van der Waals surface area contributed by atoms with Crippen LogP contribution < -0.4 is 10.6 Å². The quantitative estimate of drug-likeness (QED) is 0.909. The summed E-state index contributed by atoms with van der Waals surface area (Å²) < 4.78 is 4.87. The molecular weight excluding hydrogens is 288 g/mol. The van der Waals surface area contributed by atoms with Gasteiger partial charge in [0.1, 0.15) is 5.76 Å². The summed E-state index contributed by atoms with van der Waals surface area (Å²) >= 11 is 1.63. The van der Waals surface area contributed by atoms with Crippen LogP contribution in [0.5, 0.6) is 0 Å². The van der Waals surface area contributed by atoms with Gasteiger partial charge in [-0.25, -0.2) is 9.78 Å². The van der Waals surface area contributed by atoms with E-state index in [-0.39, 0.29) is 11.4 Å². The largest absolute Gasteiger partial charge is 0.360 e. The summed E-state index contributed by atoms with van der Waals surface area (Å²) in [5, 5.41) is 12.2. The lowest BCUT2D eigenvalue weighted by Crippen LogP contribution is -2.30. The van der Waals surface area contributed by atoms with Crippen molar-refractivity contribution in [2.24, 2.45) is 0 Å². The lowest BCUT2D eigenvalue weighted by Gasteiger charge is -2.14. The maximum atomic E-state index is 11.7. The van der Waals surface area contributed by atoms with Gasteiger partial charge >= 0.3 is 6.03 Å². The predicted molar refractivity (Wildman–Crippen MR) is 82.8 cm³/mol. The SMILES string of the molecule is Cc1cc(NC(=O)NCCc2nc(C(C)(C)C)cs2)no1. The Hall–Kier alpha value is -1.89. The van der Waals surface area contributed by atoms with Crippen molar-refractivity contribution < 1.29 is 9.32 Å². The molecule has 0 radical (unpaired) electrons. The smallest absolute Gasteiger partial charge is 0.320 e. The van der Waals surface area contributed by atoms with Crippen LogP contribution in [0, 0.1) is 6.92 Å². The molecule has 0 spiro atoms. The first-order valence-corrected chi connectivity index (χ1v) is 7.65. The van der Waals surface area contributed by atoms with Crippen molar-refractivity contribution in [2.75, 3.05) is 11.9 Å². The maximum Gasteiger partial charge on any atom is 0.320 e. The summed E-state index contributed by atoms with van der Waals surface area (Å²) in [5.74, 6) is 1.07. The number of rotatable bonds is 4. The Balaban J connectivity index is 1.76. The molecule has 2 aromatic heterocycles. The van der Waals surface area contributed by atoms with Gasteiger partial charge in [-0.3, -0.25) is 5.32 Å². The van der Waals surface area contributed by atoms with Gasteiger partial charge in [-0.2, -0.15) is 0 Å². The minimum absolute atomic E-state index is 0.0599. The molecule has 2 amide bonds. The van der Waals surface area contributed by atoms with Crippen molar-refractivity contribution in [3.05, 3.63) is 27.9 Å². The number of thiazole rings is 1. The highest BCUT2D eigenvalue weighted by molar-refractivity contribution is 7.09. The third kappa shape index (κ3) is 4.56. The molecular formula is C14H20N4O2S. The van der Waals surface area contributed by atoms with Gasteiger partial charge in [-0.1, -0.05) is 25.9 Å². The highest BCUT2D eigenvalue weighted by atomic mass is 32.1. The van der Waals surface area contributed by atoms with Gasteiger partial charge in [-0.05, 0) is 6.92 Å². The van der Waals surface area contributed by atoms with Crippen LogP contribution in [0.1, 0.15) is 37.2 Å². The Kier molecular flexibility index (Phi) is 4.62. The zero-order chi connectivity index (χ0) is 15.5. The number of urea groups is 1. The number of carbonyl (C=O) groups excluding carboxylic acids is 1. The number of aromatic nitrogens is 2. The van der Waals surface area contributed by atoms with E-state index in [1.54, 1.807) is 24.3 Å². The maximum absolute atomic E-state index is 11.7. The fourth-order valence-corrected chi connectivity index (χ4v) is 2.66. The zero-order valence-electron chi connectivity index (χ0n) is 12.7. The number of amides is 2. The van der Waals surface area contributed by atoms with Crippen LogP contribution in [-0.2, 0) is 11.8 Å². The highest BCUT2D eigenvalue weighted by Crippen LogP contribution is 2.23. The van der Waals surface area contributed by atoms with Crippen LogP contribution in [0.15, 0.2) is 16.0 Å². The number of hydrogen-bond acceptors (Lipinski definition) is 5. The van der Waals surface area contributed by atoms with E-state index in [9.17, 15) is 4.79 Å². The molecule has 0 saturated carbocycles. The molecule has 0 aliphatic heterocycles. The molecule has 6 nitrogen and oxygen atoms in total. The Morgan fingerprint density at radius 2 is 2.19 bits per heavy atom. The first-order valence-electron chi connectivity index (χ1n) is 6.77. The number of hydrogen-bond donors (Lipinski definition) is 2. The number of nitrogens with zero attached hydrogens (tertiary/aromatic N) is 2. The van der Waals surface area contributed by atoms with Crippen molar-refractivity contribution in [2.45, 2.75) is 39.5 Å². The topological polar surface area (TPSA) is 80.0 Å². The van der Waals surface area contributed by atoms with Crippen LogP contribution in [0.4, 0.5) is 10.6 Å². The van der Waals surface area contributed by atoms with E-state index in [4.69, 9.17) is 4.52 Å². The van der Waals surface area contributed by atoms with Gasteiger partial charge in [0, 0.05) is 29.8 Å².